The van der Waals surface area contributed by atoms with Gasteiger partial charge in [0, 0.05) is 37.6 Å². The van der Waals surface area contributed by atoms with Crippen LogP contribution in [-0.2, 0) is 4.74 Å². The lowest BCUT2D eigenvalue weighted by molar-refractivity contribution is 0.187. The van der Waals surface area contributed by atoms with Crippen molar-refractivity contribution >= 4 is 17.5 Å². The molecule has 1 N–H and O–H groups in total. The molecule has 0 aromatic heterocycles. The van der Waals surface area contributed by atoms with Gasteiger partial charge in [0.15, 0.2) is 0 Å². The molecule has 1 amide bonds. The number of likely N-dealkylation sites (N-methyl/N-ethyl adjacent to an activating group) is 1. The Balaban J connectivity index is 1.93. The van der Waals surface area contributed by atoms with E-state index in [-0.39, 0.29) is 0 Å². The van der Waals surface area contributed by atoms with Crippen LogP contribution in [0.4, 0.5) is 16.2 Å². The van der Waals surface area contributed by atoms with Crippen LogP contribution in [0.2, 0.25) is 0 Å². The van der Waals surface area contributed by atoms with Crippen molar-refractivity contribution in [3.05, 3.63) is 24.3 Å². The molecule has 1 fully saturated rings. The van der Waals surface area contributed by atoms with Gasteiger partial charge >= 0.3 is 6.09 Å². The SMILES string of the molecule is CCN1CCN(c2ccc(NC(=O)OC)cc2)CC1. The smallest absolute Gasteiger partial charge is 0.411 e. The van der Waals surface area contributed by atoms with E-state index in [2.05, 4.69) is 26.8 Å². The van der Waals surface area contributed by atoms with Gasteiger partial charge in [-0.05, 0) is 30.8 Å². The van der Waals surface area contributed by atoms with E-state index in [0.717, 1.165) is 38.4 Å². The summed E-state index contributed by atoms with van der Waals surface area (Å²) < 4.78 is 4.56. The molecule has 1 aliphatic heterocycles. The number of piperazine rings is 1. The predicted molar refractivity (Wildman–Crippen MR) is 76.8 cm³/mol. The number of anilines is 2. The maximum absolute atomic E-state index is 11.1. The van der Waals surface area contributed by atoms with Gasteiger partial charge in [-0.3, -0.25) is 5.32 Å². The topological polar surface area (TPSA) is 44.8 Å². The van der Waals surface area contributed by atoms with E-state index in [0.29, 0.717) is 0 Å². The van der Waals surface area contributed by atoms with Gasteiger partial charge in [0.1, 0.15) is 0 Å². The van der Waals surface area contributed by atoms with Gasteiger partial charge in [0.2, 0.25) is 0 Å². The molecule has 1 aliphatic rings. The van der Waals surface area contributed by atoms with Gasteiger partial charge in [-0.2, -0.15) is 0 Å². The summed E-state index contributed by atoms with van der Waals surface area (Å²) in [5.74, 6) is 0. The summed E-state index contributed by atoms with van der Waals surface area (Å²) in [5.41, 5.74) is 1.95. The third-order valence-corrected chi connectivity index (χ3v) is 3.48. The Labute approximate surface area is 114 Å². The molecule has 0 atom stereocenters. The first-order valence-electron chi connectivity index (χ1n) is 6.65. The summed E-state index contributed by atoms with van der Waals surface area (Å²) in [6.07, 6.45) is -0.440. The molecule has 0 saturated carbocycles. The molecule has 1 saturated heterocycles. The fraction of sp³-hybridized carbons (Fsp3) is 0.500. The zero-order valence-corrected chi connectivity index (χ0v) is 11.6. The highest BCUT2D eigenvalue weighted by Crippen LogP contribution is 2.19. The first kappa shape index (κ1) is 13.7. The average Bonchev–Trinajstić information content (AvgIpc) is 2.48. The van der Waals surface area contributed by atoms with Crippen LogP contribution in [0.5, 0.6) is 0 Å². The molecule has 1 heterocycles. The van der Waals surface area contributed by atoms with Crippen molar-refractivity contribution in [2.75, 3.05) is 50.1 Å². The van der Waals surface area contributed by atoms with Gasteiger partial charge in [0.05, 0.1) is 7.11 Å². The second kappa shape index (κ2) is 6.43. The van der Waals surface area contributed by atoms with Crippen LogP contribution in [0.1, 0.15) is 6.92 Å². The number of benzene rings is 1. The molecule has 0 bridgehead atoms. The van der Waals surface area contributed by atoms with Crippen molar-refractivity contribution in [2.45, 2.75) is 6.92 Å². The minimum Gasteiger partial charge on any atom is -0.453 e. The maximum atomic E-state index is 11.1. The van der Waals surface area contributed by atoms with Crippen LogP contribution >= 0.6 is 0 Å². The van der Waals surface area contributed by atoms with E-state index in [1.165, 1.54) is 12.8 Å². The molecular formula is C14H21N3O2. The average molecular weight is 263 g/mol. The molecular weight excluding hydrogens is 242 g/mol. The number of carbonyl (C=O) groups is 1. The molecule has 1 aromatic rings. The van der Waals surface area contributed by atoms with Gasteiger partial charge in [0.25, 0.3) is 0 Å². The lowest BCUT2D eigenvalue weighted by atomic mass is 10.2. The number of hydrogen-bond donors (Lipinski definition) is 1. The number of methoxy groups -OCH3 is 1. The van der Waals surface area contributed by atoms with E-state index in [9.17, 15) is 4.79 Å². The van der Waals surface area contributed by atoms with Gasteiger partial charge in [-0.25, -0.2) is 4.79 Å². The van der Waals surface area contributed by atoms with Crippen LogP contribution in [0, 0.1) is 0 Å². The molecule has 1 aromatic carbocycles. The summed E-state index contributed by atoms with van der Waals surface area (Å²) in [5, 5.41) is 2.65. The number of nitrogens with one attached hydrogen (secondary N) is 1. The summed E-state index contributed by atoms with van der Waals surface area (Å²) in [7, 11) is 1.36. The molecule has 2 rings (SSSR count). The standard InChI is InChI=1S/C14H21N3O2/c1-3-16-8-10-17(11-9-16)13-6-4-12(5-7-13)15-14(18)19-2/h4-7H,3,8-11H2,1-2H3,(H,15,18). The van der Waals surface area contributed by atoms with Gasteiger partial charge in [-0.1, -0.05) is 6.92 Å². The first-order valence-corrected chi connectivity index (χ1v) is 6.65. The van der Waals surface area contributed by atoms with Crippen molar-refractivity contribution in [1.82, 2.24) is 4.90 Å². The Morgan fingerprint density at radius 1 is 1.21 bits per heavy atom. The fourth-order valence-electron chi connectivity index (χ4n) is 2.25. The molecule has 5 heteroatoms. The van der Waals surface area contributed by atoms with E-state index >= 15 is 0 Å². The third-order valence-electron chi connectivity index (χ3n) is 3.48. The minimum absolute atomic E-state index is 0.440. The maximum Gasteiger partial charge on any atom is 0.411 e. The molecule has 0 unspecified atom stereocenters. The van der Waals surface area contributed by atoms with Crippen molar-refractivity contribution in [3.63, 3.8) is 0 Å². The summed E-state index contributed by atoms with van der Waals surface area (Å²) in [4.78, 5) is 15.9. The number of rotatable bonds is 3. The van der Waals surface area contributed by atoms with Crippen LogP contribution in [-0.4, -0.2) is 50.8 Å². The number of carbonyl (C=O) groups excluding carboxylic acids is 1. The van der Waals surface area contributed by atoms with Crippen molar-refractivity contribution in [1.29, 1.82) is 0 Å². The van der Waals surface area contributed by atoms with E-state index in [1.54, 1.807) is 0 Å². The van der Waals surface area contributed by atoms with Crippen LogP contribution < -0.4 is 10.2 Å². The predicted octanol–water partition coefficient (Wildman–Crippen LogP) is 2.01. The lowest BCUT2D eigenvalue weighted by Crippen LogP contribution is -2.46. The Morgan fingerprint density at radius 2 is 1.84 bits per heavy atom. The number of ether oxygens (including phenoxy) is 1. The molecule has 0 aliphatic carbocycles. The van der Waals surface area contributed by atoms with Gasteiger partial charge < -0.3 is 14.5 Å². The van der Waals surface area contributed by atoms with Crippen LogP contribution in [0.25, 0.3) is 0 Å². The third kappa shape index (κ3) is 3.61. The highest BCUT2D eigenvalue weighted by atomic mass is 16.5. The number of hydrogen-bond acceptors (Lipinski definition) is 4. The fourth-order valence-corrected chi connectivity index (χ4v) is 2.25. The van der Waals surface area contributed by atoms with Crippen molar-refractivity contribution in [3.8, 4) is 0 Å². The van der Waals surface area contributed by atoms with Crippen molar-refractivity contribution in [2.24, 2.45) is 0 Å². The first-order chi connectivity index (χ1) is 9.22. The van der Waals surface area contributed by atoms with Crippen LogP contribution in [0.3, 0.4) is 0 Å². The summed E-state index contributed by atoms with van der Waals surface area (Å²) in [6.45, 7) is 7.64. The second-order valence-electron chi connectivity index (χ2n) is 4.58. The van der Waals surface area contributed by atoms with E-state index in [1.807, 2.05) is 24.3 Å². The van der Waals surface area contributed by atoms with Crippen LogP contribution in [0.15, 0.2) is 24.3 Å². The Bertz CT molecular complexity index is 411. The van der Waals surface area contributed by atoms with Crippen molar-refractivity contribution < 1.29 is 9.53 Å². The normalized spacial score (nSPS) is 16.2. The zero-order valence-electron chi connectivity index (χ0n) is 11.6. The monoisotopic (exact) mass is 263 g/mol. The molecule has 5 nitrogen and oxygen atoms in total. The zero-order chi connectivity index (χ0) is 13.7. The second-order valence-corrected chi connectivity index (χ2v) is 4.58. The number of nitrogens with zero attached hydrogens (tertiary/aromatic N) is 2. The largest absolute Gasteiger partial charge is 0.453 e. The number of amides is 1. The lowest BCUT2D eigenvalue weighted by Gasteiger charge is -2.35. The highest BCUT2D eigenvalue weighted by Gasteiger charge is 2.15. The quantitative estimate of drug-likeness (QED) is 0.906. The van der Waals surface area contributed by atoms with Gasteiger partial charge in [-0.15, -0.1) is 0 Å². The Morgan fingerprint density at radius 3 is 2.37 bits per heavy atom. The van der Waals surface area contributed by atoms with E-state index in [4.69, 9.17) is 0 Å². The molecule has 0 radical (unpaired) electrons. The highest BCUT2D eigenvalue weighted by molar-refractivity contribution is 5.84. The minimum atomic E-state index is -0.440. The molecule has 0 spiro atoms. The molecule has 19 heavy (non-hydrogen) atoms. The van der Waals surface area contributed by atoms with E-state index < -0.39 is 6.09 Å². The molecule has 104 valence electrons. The summed E-state index contributed by atoms with van der Waals surface area (Å²) in [6, 6.07) is 7.87. The Hall–Kier alpha value is -1.75. The summed E-state index contributed by atoms with van der Waals surface area (Å²) >= 11 is 0. The Kier molecular flexibility index (Phi) is 4.63.